The normalized spacial score (nSPS) is 18.0. The Morgan fingerprint density at radius 3 is 2.55 bits per heavy atom. The molecule has 4 aromatic heterocycles. The number of nitrogens with one attached hydrogen (secondary N) is 1. The number of pyridine rings is 2. The van der Waals surface area contributed by atoms with Crippen molar-refractivity contribution in [3.63, 3.8) is 0 Å². The Hall–Kier alpha value is -3.02. The highest BCUT2D eigenvalue weighted by molar-refractivity contribution is 7.21. The van der Waals surface area contributed by atoms with E-state index in [4.69, 9.17) is 9.97 Å². The predicted octanol–water partition coefficient (Wildman–Crippen LogP) is 4.93. The number of hydrogen-bond acceptors (Lipinski definition) is 7. The molecular formula is C25H29N7S. The maximum absolute atomic E-state index is 9.61. The van der Waals surface area contributed by atoms with Gasteiger partial charge in [0.05, 0.1) is 17.0 Å². The molecule has 0 spiro atoms. The van der Waals surface area contributed by atoms with Crippen molar-refractivity contribution in [2.24, 2.45) is 0 Å². The molecular weight excluding hydrogens is 430 g/mol. The molecule has 0 radical (unpaired) electrons. The lowest BCUT2D eigenvalue weighted by atomic mass is 9.79. The quantitative estimate of drug-likeness (QED) is 0.468. The topological polar surface area (TPSA) is 82.1 Å². The van der Waals surface area contributed by atoms with E-state index >= 15 is 0 Å². The van der Waals surface area contributed by atoms with Gasteiger partial charge < -0.3 is 14.6 Å². The fourth-order valence-corrected chi connectivity index (χ4v) is 6.23. The van der Waals surface area contributed by atoms with Gasteiger partial charge in [-0.3, -0.25) is 0 Å². The zero-order chi connectivity index (χ0) is 23.5. The summed E-state index contributed by atoms with van der Waals surface area (Å²) in [6.07, 6.45) is 6.03. The minimum atomic E-state index is 0.0749. The van der Waals surface area contributed by atoms with Crippen molar-refractivity contribution >= 4 is 32.5 Å². The lowest BCUT2D eigenvalue weighted by Crippen LogP contribution is -2.61. The highest BCUT2D eigenvalue weighted by Crippen LogP contribution is 2.36. The van der Waals surface area contributed by atoms with Crippen LogP contribution in [0.15, 0.2) is 30.6 Å². The van der Waals surface area contributed by atoms with Gasteiger partial charge in [0.2, 0.25) is 0 Å². The first-order valence-corrected chi connectivity index (χ1v) is 12.0. The van der Waals surface area contributed by atoms with Gasteiger partial charge >= 0.3 is 0 Å². The van der Waals surface area contributed by atoms with Crippen molar-refractivity contribution in [3.05, 3.63) is 41.9 Å². The minimum absolute atomic E-state index is 0.0749. The molecule has 1 N–H and O–H groups in total. The van der Waals surface area contributed by atoms with Crippen LogP contribution >= 0.6 is 11.3 Å². The van der Waals surface area contributed by atoms with Gasteiger partial charge in [0.15, 0.2) is 10.8 Å². The van der Waals surface area contributed by atoms with Gasteiger partial charge in [-0.05, 0) is 65.7 Å². The highest BCUT2D eigenvalue weighted by Gasteiger charge is 2.39. The van der Waals surface area contributed by atoms with E-state index in [0.717, 1.165) is 45.3 Å². The average molecular weight is 460 g/mol. The molecule has 8 heteroatoms. The Morgan fingerprint density at radius 1 is 1.12 bits per heavy atom. The summed E-state index contributed by atoms with van der Waals surface area (Å²) in [5, 5.41) is 14.4. The molecule has 1 saturated heterocycles. The number of anilines is 1. The Balaban J connectivity index is 1.50. The number of aromatic nitrogens is 4. The molecule has 0 aliphatic carbocycles. The number of imidazole rings is 1. The van der Waals surface area contributed by atoms with Crippen LogP contribution in [0.25, 0.3) is 27.3 Å². The number of nitriles is 1. The van der Waals surface area contributed by atoms with Crippen molar-refractivity contribution in [1.29, 1.82) is 5.26 Å². The molecule has 7 nitrogen and oxygen atoms in total. The van der Waals surface area contributed by atoms with Gasteiger partial charge in [-0.25, -0.2) is 15.0 Å². The molecule has 33 heavy (non-hydrogen) atoms. The minimum Gasteiger partial charge on any atom is -0.348 e. The Labute approximate surface area is 198 Å². The van der Waals surface area contributed by atoms with Gasteiger partial charge in [-0.2, -0.15) is 5.26 Å². The maximum atomic E-state index is 9.61. The van der Waals surface area contributed by atoms with Crippen LogP contribution in [0.5, 0.6) is 0 Å². The molecule has 5 rings (SSSR count). The number of thiazole rings is 1. The van der Waals surface area contributed by atoms with Crippen LogP contribution in [0, 0.1) is 18.3 Å². The van der Waals surface area contributed by atoms with Crippen LogP contribution in [0.2, 0.25) is 0 Å². The molecule has 1 aliphatic heterocycles. The van der Waals surface area contributed by atoms with Gasteiger partial charge in [0.25, 0.3) is 0 Å². The van der Waals surface area contributed by atoms with Crippen molar-refractivity contribution < 1.29 is 0 Å². The van der Waals surface area contributed by atoms with E-state index in [2.05, 4.69) is 56.0 Å². The van der Waals surface area contributed by atoms with Crippen LogP contribution < -0.4 is 10.2 Å². The Bertz CT molecular complexity index is 1390. The summed E-state index contributed by atoms with van der Waals surface area (Å²) in [7, 11) is 2.15. The first-order valence-electron chi connectivity index (χ1n) is 11.2. The van der Waals surface area contributed by atoms with Crippen LogP contribution in [-0.4, -0.2) is 43.5 Å². The number of hydrogen-bond donors (Lipinski definition) is 1. The molecule has 0 aromatic carbocycles. The molecule has 0 amide bonds. The largest absolute Gasteiger partial charge is 0.348 e. The summed E-state index contributed by atoms with van der Waals surface area (Å²) in [5.74, 6) is 0. The zero-order valence-corrected chi connectivity index (χ0v) is 20.8. The van der Waals surface area contributed by atoms with E-state index < -0.39 is 0 Å². The van der Waals surface area contributed by atoms with Crippen molar-refractivity contribution in [2.75, 3.05) is 11.9 Å². The molecule has 0 unspecified atom stereocenters. The summed E-state index contributed by atoms with van der Waals surface area (Å²) in [5.41, 5.74) is 4.87. The molecule has 170 valence electrons. The number of rotatable bonds is 3. The molecule has 1 aliphatic rings. The summed E-state index contributed by atoms with van der Waals surface area (Å²) in [4.78, 5) is 17.5. The monoisotopic (exact) mass is 459 g/mol. The second-order valence-electron chi connectivity index (χ2n) is 10.5. The lowest BCUT2D eigenvalue weighted by Gasteiger charge is -2.48. The van der Waals surface area contributed by atoms with Crippen molar-refractivity contribution in [2.45, 2.75) is 64.6 Å². The second-order valence-corrected chi connectivity index (χ2v) is 11.4. The SMILES string of the molecule is Cc1cn2cc(-c3ccc4nc(N(C)C5CC(C)(C)NC(C)(C)C5)sc4n3)cc(C#N)c2n1. The van der Waals surface area contributed by atoms with Crippen LogP contribution in [0.4, 0.5) is 5.13 Å². The Kier molecular flexibility index (Phi) is 4.96. The van der Waals surface area contributed by atoms with Gasteiger partial charge in [0, 0.05) is 42.1 Å². The summed E-state index contributed by atoms with van der Waals surface area (Å²) in [6, 6.07) is 8.54. The van der Waals surface area contributed by atoms with Crippen LogP contribution in [0.1, 0.15) is 51.8 Å². The lowest BCUT2D eigenvalue weighted by molar-refractivity contribution is 0.161. The summed E-state index contributed by atoms with van der Waals surface area (Å²) in [6.45, 7) is 11.0. The molecule has 0 saturated carbocycles. The number of nitrogens with zero attached hydrogens (tertiary/aromatic N) is 6. The molecule has 5 heterocycles. The van der Waals surface area contributed by atoms with Crippen molar-refractivity contribution in [1.82, 2.24) is 24.7 Å². The van der Waals surface area contributed by atoms with Gasteiger partial charge in [-0.1, -0.05) is 11.3 Å². The molecule has 0 bridgehead atoms. The first kappa shape index (κ1) is 21.8. The standard InChI is InChI=1S/C25H29N7S/c1-15-13-32-14-17(9-16(12-26)21(32)27-15)19-7-8-20-22(28-19)33-23(29-20)31(6)18-10-24(2,3)30-25(4,5)11-18/h7-9,13-14,18,30H,10-11H2,1-6H3. The van der Waals surface area contributed by atoms with E-state index in [1.807, 2.05) is 41.9 Å². The van der Waals surface area contributed by atoms with Crippen LogP contribution in [0.3, 0.4) is 0 Å². The van der Waals surface area contributed by atoms with Gasteiger partial charge in [0.1, 0.15) is 16.4 Å². The fourth-order valence-electron chi connectivity index (χ4n) is 5.26. The van der Waals surface area contributed by atoms with E-state index in [0.29, 0.717) is 17.3 Å². The summed E-state index contributed by atoms with van der Waals surface area (Å²) < 4.78 is 1.90. The third kappa shape index (κ3) is 4.07. The van der Waals surface area contributed by atoms with Gasteiger partial charge in [-0.15, -0.1) is 0 Å². The molecule has 1 fully saturated rings. The average Bonchev–Trinajstić information content (AvgIpc) is 3.31. The molecule has 4 aromatic rings. The van der Waals surface area contributed by atoms with E-state index in [-0.39, 0.29) is 11.1 Å². The van der Waals surface area contributed by atoms with E-state index in [1.54, 1.807) is 11.3 Å². The molecule has 0 atom stereocenters. The van der Waals surface area contributed by atoms with E-state index in [1.165, 1.54) is 0 Å². The number of fused-ring (bicyclic) bond motifs is 2. The third-order valence-electron chi connectivity index (χ3n) is 6.35. The predicted molar refractivity (Wildman–Crippen MR) is 134 cm³/mol. The third-order valence-corrected chi connectivity index (χ3v) is 7.41. The van der Waals surface area contributed by atoms with E-state index in [9.17, 15) is 5.26 Å². The fraction of sp³-hybridized carbons (Fsp3) is 0.440. The smallest absolute Gasteiger partial charge is 0.187 e. The number of aryl methyl sites for hydroxylation is 1. The number of piperidine rings is 1. The first-order chi connectivity index (χ1) is 15.5. The Morgan fingerprint density at radius 2 is 1.85 bits per heavy atom. The zero-order valence-electron chi connectivity index (χ0n) is 20.0. The van der Waals surface area contributed by atoms with Crippen LogP contribution in [-0.2, 0) is 0 Å². The highest BCUT2D eigenvalue weighted by atomic mass is 32.1. The summed E-state index contributed by atoms with van der Waals surface area (Å²) >= 11 is 1.62. The maximum Gasteiger partial charge on any atom is 0.187 e. The second kappa shape index (κ2) is 7.51. The van der Waals surface area contributed by atoms with Crippen molar-refractivity contribution in [3.8, 4) is 17.3 Å².